The molecule has 86 valence electrons. The Morgan fingerprint density at radius 2 is 2.12 bits per heavy atom. The first-order chi connectivity index (χ1) is 7.55. The highest BCUT2D eigenvalue weighted by atomic mass is 16.7. The van der Waals surface area contributed by atoms with Crippen LogP contribution in [0.15, 0.2) is 18.2 Å². The van der Waals surface area contributed by atoms with Crippen molar-refractivity contribution < 1.29 is 24.1 Å². The van der Waals surface area contributed by atoms with Gasteiger partial charge >= 0.3 is 5.97 Å². The lowest BCUT2D eigenvalue weighted by atomic mass is 9.96. The molecular formula is C11H12O5. The third-order valence-electron chi connectivity index (χ3n) is 2.52. The van der Waals surface area contributed by atoms with Crippen LogP contribution in [0.5, 0.6) is 11.5 Å². The lowest BCUT2D eigenvalue weighted by Crippen LogP contribution is -2.33. The summed E-state index contributed by atoms with van der Waals surface area (Å²) in [5.41, 5.74) is -1.28. The molecule has 1 N–H and O–H groups in total. The highest BCUT2D eigenvalue weighted by Crippen LogP contribution is 2.35. The lowest BCUT2D eigenvalue weighted by molar-refractivity contribution is -0.161. The molecule has 0 amide bonds. The summed E-state index contributed by atoms with van der Waals surface area (Å²) in [6, 6.07) is 4.82. The van der Waals surface area contributed by atoms with Gasteiger partial charge in [0, 0.05) is 0 Å². The molecular weight excluding hydrogens is 212 g/mol. The molecule has 0 bridgehead atoms. The van der Waals surface area contributed by atoms with E-state index >= 15 is 0 Å². The number of ether oxygens (including phenoxy) is 3. The van der Waals surface area contributed by atoms with E-state index in [1.807, 2.05) is 0 Å². The minimum Gasteiger partial charge on any atom is -0.467 e. The summed E-state index contributed by atoms with van der Waals surface area (Å²) < 4.78 is 14.8. The van der Waals surface area contributed by atoms with Crippen LogP contribution in [-0.2, 0) is 15.1 Å². The molecule has 0 fully saturated rings. The Hall–Kier alpha value is -1.75. The summed E-state index contributed by atoms with van der Waals surface area (Å²) in [5, 5.41) is 10.0. The van der Waals surface area contributed by atoms with E-state index in [0.717, 1.165) is 0 Å². The van der Waals surface area contributed by atoms with Crippen LogP contribution in [0, 0.1) is 0 Å². The zero-order valence-corrected chi connectivity index (χ0v) is 9.02. The topological polar surface area (TPSA) is 65.0 Å². The van der Waals surface area contributed by atoms with E-state index in [9.17, 15) is 9.90 Å². The minimum atomic E-state index is -1.68. The van der Waals surface area contributed by atoms with Crippen molar-refractivity contribution in [3.8, 4) is 11.5 Å². The SMILES string of the molecule is COC(=O)C(C)(O)c1ccc2c(c1)OCO2. The highest BCUT2D eigenvalue weighted by molar-refractivity contribution is 5.80. The van der Waals surface area contributed by atoms with Crippen LogP contribution >= 0.6 is 0 Å². The van der Waals surface area contributed by atoms with Crippen LogP contribution < -0.4 is 9.47 Å². The lowest BCUT2D eigenvalue weighted by Gasteiger charge is -2.20. The maximum atomic E-state index is 11.4. The number of hydrogen-bond donors (Lipinski definition) is 1. The predicted octanol–water partition coefficient (Wildman–Crippen LogP) is 0.796. The van der Waals surface area contributed by atoms with E-state index < -0.39 is 11.6 Å². The van der Waals surface area contributed by atoms with E-state index in [1.165, 1.54) is 14.0 Å². The standard InChI is InChI=1S/C11H12O5/c1-11(13,10(12)14-2)7-3-4-8-9(5-7)16-6-15-8/h3-5,13H,6H2,1-2H3. The monoisotopic (exact) mass is 224 g/mol. The van der Waals surface area contributed by atoms with Gasteiger partial charge in [0.25, 0.3) is 0 Å². The van der Waals surface area contributed by atoms with Gasteiger partial charge in [-0.15, -0.1) is 0 Å². The molecule has 0 saturated carbocycles. The largest absolute Gasteiger partial charge is 0.467 e. The molecule has 5 nitrogen and oxygen atoms in total. The normalized spacial score (nSPS) is 16.7. The number of aliphatic hydroxyl groups is 1. The van der Waals surface area contributed by atoms with Gasteiger partial charge in [-0.3, -0.25) is 0 Å². The van der Waals surface area contributed by atoms with Crippen molar-refractivity contribution in [1.82, 2.24) is 0 Å². The summed E-state index contributed by atoms with van der Waals surface area (Å²) in [7, 11) is 1.23. The van der Waals surface area contributed by atoms with E-state index in [1.54, 1.807) is 18.2 Å². The Bertz CT molecular complexity index is 424. The molecule has 1 aromatic carbocycles. The third-order valence-corrected chi connectivity index (χ3v) is 2.52. The molecule has 5 heteroatoms. The van der Waals surface area contributed by atoms with Gasteiger partial charge in [-0.1, -0.05) is 6.07 Å². The molecule has 2 rings (SSSR count). The second kappa shape index (κ2) is 3.68. The van der Waals surface area contributed by atoms with E-state index in [-0.39, 0.29) is 6.79 Å². The molecule has 0 saturated heterocycles. The van der Waals surface area contributed by atoms with Gasteiger partial charge in [0.1, 0.15) is 0 Å². The van der Waals surface area contributed by atoms with E-state index in [2.05, 4.69) is 4.74 Å². The number of methoxy groups -OCH3 is 1. The van der Waals surface area contributed by atoms with Crippen molar-refractivity contribution in [2.45, 2.75) is 12.5 Å². The molecule has 1 aromatic rings. The zero-order chi connectivity index (χ0) is 11.8. The first-order valence-electron chi connectivity index (χ1n) is 4.76. The number of carbonyl (C=O) groups is 1. The molecule has 1 heterocycles. The Morgan fingerprint density at radius 1 is 1.44 bits per heavy atom. The van der Waals surface area contributed by atoms with Gasteiger partial charge < -0.3 is 19.3 Å². The molecule has 1 aliphatic heterocycles. The molecule has 0 spiro atoms. The van der Waals surface area contributed by atoms with Crippen LogP contribution in [0.1, 0.15) is 12.5 Å². The van der Waals surface area contributed by atoms with Crippen LogP contribution in [0.25, 0.3) is 0 Å². The van der Waals surface area contributed by atoms with E-state index in [0.29, 0.717) is 17.1 Å². The highest BCUT2D eigenvalue weighted by Gasteiger charge is 2.34. The Morgan fingerprint density at radius 3 is 2.81 bits per heavy atom. The van der Waals surface area contributed by atoms with Gasteiger partial charge in [-0.25, -0.2) is 4.79 Å². The van der Waals surface area contributed by atoms with Crippen molar-refractivity contribution in [2.24, 2.45) is 0 Å². The first-order valence-corrected chi connectivity index (χ1v) is 4.76. The first kappa shape index (κ1) is 10.8. The van der Waals surface area contributed by atoms with Crippen molar-refractivity contribution >= 4 is 5.97 Å². The zero-order valence-electron chi connectivity index (χ0n) is 9.02. The van der Waals surface area contributed by atoms with Gasteiger partial charge in [-0.05, 0) is 24.6 Å². The molecule has 0 aliphatic carbocycles. The molecule has 1 aliphatic rings. The maximum Gasteiger partial charge on any atom is 0.342 e. The molecule has 0 radical (unpaired) electrons. The summed E-state index contributed by atoms with van der Waals surface area (Å²) in [6.45, 7) is 1.52. The van der Waals surface area contributed by atoms with Crippen molar-refractivity contribution in [3.63, 3.8) is 0 Å². The maximum absolute atomic E-state index is 11.4. The predicted molar refractivity (Wildman–Crippen MR) is 54.2 cm³/mol. The summed E-state index contributed by atoms with van der Waals surface area (Å²) >= 11 is 0. The minimum absolute atomic E-state index is 0.152. The number of esters is 1. The molecule has 1 unspecified atom stereocenters. The van der Waals surface area contributed by atoms with Crippen molar-refractivity contribution in [3.05, 3.63) is 23.8 Å². The van der Waals surface area contributed by atoms with Crippen LogP contribution in [-0.4, -0.2) is 25.0 Å². The summed E-state index contributed by atoms with van der Waals surface area (Å²) in [6.07, 6.45) is 0. The van der Waals surface area contributed by atoms with Gasteiger partial charge in [0.2, 0.25) is 6.79 Å². The van der Waals surface area contributed by atoms with Gasteiger partial charge in [-0.2, -0.15) is 0 Å². The second-order valence-electron chi connectivity index (χ2n) is 3.63. The summed E-state index contributed by atoms with van der Waals surface area (Å²) in [5.74, 6) is 0.400. The van der Waals surface area contributed by atoms with Crippen LogP contribution in [0.2, 0.25) is 0 Å². The fraction of sp³-hybridized carbons (Fsp3) is 0.364. The van der Waals surface area contributed by atoms with Gasteiger partial charge in [0.05, 0.1) is 7.11 Å². The Balaban J connectivity index is 2.37. The van der Waals surface area contributed by atoms with Crippen molar-refractivity contribution in [1.29, 1.82) is 0 Å². The Kier molecular flexibility index (Phi) is 2.47. The number of rotatable bonds is 2. The second-order valence-corrected chi connectivity index (χ2v) is 3.63. The molecule has 16 heavy (non-hydrogen) atoms. The number of carbonyl (C=O) groups excluding carboxylic acids is 1. The van der Waals surface area contributed by atoms with Crippen LogP contribution in [0.3, 0.4) is 0 Å². The van der Waals surface area contributed by atoms with Gasteiger partial charge in [0.15, 0.2) is 17.1 Å². The Labute approximate surface area is 92.5 Å². The third kappa shape index (κ3) is 1.59. The van der Waals surface area contributed by atoms with E-state index in [4.69, 9.17) is 9.47 Å². The number of hydrogen-bond acceptors (Lipinski definition) is 5. The summed E-state index contributed by atoms with van der Waals surface area (Å²) in [4.78, 5) is 11.4. The molecule has 1 atom stereocenters. The quantitative estimate of drug-likeness (QED) is 0.752. The average Bonchev–Trinajstić information content (AvgIpc) is 2.74. The fourth-order valence-electron chi connectivity index (χ4n) is 1.52. The average molecular weight is 224 g/mol. The van der Waals surface area contributed by atoms with Crippen LogP contribution in [0.4, 0.5) is 0 Å². The number of benzene rings is 1. The fourth-order valence-corrected chi connectivity index (χ4v) is 1.52. The molecule has 0 aromatic heterocycles. The smallest absolute Gasteiger partial charge is 0.342 e. The number of fused-ring (bicyclic) bond motifs is 1. The van der Waals surface area contributed by atoms with Crippen molar-refractivity contribution in [2.75, 3.05) is 13.9 Å².